The molecule has 0 saturated heterocycles. The molecule has 0 radical (unpaired) electrons. The van der Waals surface area contributed by atoms with Crippen molar-refractivity contribution >= 4 is 33.2 Å². The maximum Gasteiger partial charge on any atom is 0.244 e. The highest BCUT2D eigenvalue weighted by Gasteiger charge is 2.34. The van der Waals surface area contributed by atoms with Crippen LogP contribution in [0.2, 0.25) is 5.02 Å². The second kappa shape index (κ2) is 9.30. The number of carbonyl (C=O) groups is 1. The zero-order valence-corrected chi connectivity index (χ0v) is 17.9. The third kappa shape index (κ3) is 5.17. The van der Waals surface area contributed by atoms with Crippen molar-refractivity contribution in [1.29, 1.82) is 0 Å². The van der Waals surface area contributed by atoms with Crippen molar-refractivity contribution < 1.29 is 17.9 Å². The Bertz CT molecular complexity index is 919. The molecule has 0 aliphatic carbocycles. The summed E-state index contributed by atoms with van der Waals surface area (Å²) in [5.74, 6) is -0.0801. The van der Waals surface area contributed by atoms with E-state index < -0.39 is 22.0 Å². The number of hydrogen-bond donors (Lipinski definition) is 1. The number of hydrogen-bond acceptors (Lipinski definition) is 4. The van der Waals surface area contributed by atoms with Gasteiger partial charge in [0.1, 0.15) is 11.8 Å². The van der Waals surface area contributed by atoms with Crippen molar-refractivity contribution in [2.45, 2.75) is 32.4 Å². The summed E-state index contributed by atoms with van der Waals surface area (Å²) < 4.78 is 31.6. The van der Waals surface area contributed by atoms with Gasteiger partial charge in [-0.25, -0.2) is 8.42 Å². The van der Waals surface area contributed by atoms with Gasteiger partial charge in [-0.05, 0) is 37.1 Å². The fraction of sp³-hybridized carbons (Fsp3) is 0.350. The normalized spacial score (nSPS) is 13.5. The van der Waals surface area contributed by atoms with E-state index in [1.54, 1.807) is 19.1 Å². The molecule has 152 valence electrons. The van der Waals surface area contributed by atoms with Crippen LogP contribution in [-0.2, 0) is 14.8 Å². The van der Waals surface area contributed by atoms with Crippen molar-refractivity contribution in [3.63, 3.8) is 0 Å². The van der Waals surface area contributed by atoms with Crippen molar-refractivity contribution in [3.05, 3.63) is 59.1 Å². The molecule has 0 bridgehead atoms. The third-order valence-corrected chi connectivity index (χ3v) is 5.77. The molecule has 8 heteroatoms. The summed E-state index contributed by atoms with van der Waals surface area (Å²) in [6.45, 7) is 3.61. The molecule has 0 heterocycles. The fourth-order valence-corrected chi connectivity index (χ4v) is 4.38. The molecule has 0 aliphatic heterocycles. The monoisotopic (exact) mass is 424 g/mol. The number of amides is 1. The second-order valence-corrected chi connectivity index (χ2v) is 8.74. The summed E-state index contributed by atoms with van der Waals surface area (Å²) in [7, 11) is -2.35. The Morgan fingerprint density at radius 2 is 1.86 bits per heavy atom. The van der Waals surface area contributed by atoms with E-state index in [1.165, 1.54) is 13.2 Å². The number of rotatable bonds is 8. The molecule has 6 nitrogen and oxygen atoms in total. The largest absolute Gasteiger partial charge is 0.495 e. The lowest BCUT2D eigenvalue weighted by Gasteiger charge is -2.32. The highest BCUT2D eigenvalue weighted by molar-refractivity contribution is 7.92. The van der Waals surface area contributed by atoms with Crippen molar-refractivity contribution in [3.8, 4) is 5.75 Å². The van der Waals surface area contributed by atoms with Gasteiger partial charge in [0, 0.05) is 5.02 Å². The predicted octanol–water partition coefficient (Wildman–Crippen LogP) is 3.77. The fourth-order valence-electron chi connectivity index (χ4n) is 3.01. The molecule has 28 heavy (non-hydrogen) atoms. The smallest absolute Gasteiger partial charge is 0.244 e. The van der Waals surface area contributed by atoms with Gasteiger partial charge in [0.05, 0.1) is 25.1 Å². The maximum atomic E-state index is 13.0. The summed E-state index contributed by atoms with van der Waals surface area (Å²) in [6.07, 6.45) is 1.33. The topological polar surface area (TPSA) is 75.7 Å². The molecular weight excluding hydrogens is 400 g/mol. The number of methoxy groups -OCH3 is 1. The lowest BCUT2D eigenvalue weighted by atomic mass is 10.1. The average molecular weight is 425 g/mol. The Hall–Kier alpha value is -2.25. The molecule has 2 rings (SSSR count). The van der Waals surface area contributed by atoms with Crippen molar-refractivity contribution in [2.24, 2.45) is 0 Å². The van der Waals surface area contributed by atoms with E-state index in [0.29, 0.717) is 10.8 Å². The minimum Gasteiger partial charge on any atom is -0.495 e. The Kier molecular flexibility index (Phi) is 7.32. The molecule has 0 saturated carbocycles. The Labute approximate surface area is 171 Å². The van der Waals surface area contributed by atoms with Gasteiger partial charge in [0.25, 0.3) is 0 Å². The van der Waals surface area contributed by atoms with Crippen LogP contribution in [0.5, 0.6) is 5.75 Å². The van der Waals surface area contributed by atoms with Crippen LogP contribution >= 0.6 is 11.6 Å². The van der Waals surface area contributed by atoms with Crippen LogP contribution in [0.4, 0.5) is 5.69 Å². The molecule has 2 aromatic rings. The summed E-state index contributed by atoms with van der Waals surface area (Å²) in [6, 6.07) is 12.9. The van der Waals surface area contributed by atoms with Crippen LogP contribution in [0.1, 0.15) is 31.9 Å². The summed E-state index contributed by atoms with van der Waals surface area (Å²) in [5, 5.41) is 3.25. The lowest BCUT2D eigenvalue weighted by molar-refractivity contribution is -0.122. The number of carbonyl (C=O) groups excluding carboxylic acids is 1. The first-order valence-corrected chi connectivity index (χ1v) is 11.1. The van der Waals surface area contributed by atoms with E-state index in [9.17, 15) is 13.2 Å². The Morgan fingerprint density at radius 3 is 2.39 bits per heavy atom. The predicted molar refractivity (Wildman–Crippen MR) is 112 cm³/mol. The number of ether oxygens (including phenoxy) is 1. The Morgan fingerprint density at radius 1 is 1.21 bits per heavy atom. The first-order chi connectivity index (χ1) is 13.2. The number of sulfonamides is 1. The summed E-state index contributed by atoms with van der Waals surface area (Å²) >= 11 is 6.08. The first-order valence-electron chi connectivity index (χ1n) is 8.87. The van der Waals surface area contributed by atoms with Gasteiger partial charge in [0.2, 0.25) is 15.9 Å². The first kappa shape index (κ1) is 22.0. The van der Waals surface area contributed by atoms with Crippen molar-refractivity contribution in [1.82, 2.24) is 5.32 Å². The number of benzene rings is 2. The highest BCUT2D eigenvalue weighted by atomic mass is 35.5. The molecular formula is C20H25ClN2O4S. The zero-order valence-electron chi connectivity index (χ0n) is 16.3. The molecule has 0 spiro atoms. The molecule has 0 fully saturated rings. The van der Waals surface area contributed by atoms with E-state index in [0.717, 1.165) is 16.1 Å². The van der Waals surface area contributed by atoms with Crippen LogP contribution in [-0.4, -0.2) is 33.7 Å². The standard InChI is InChI=1S/C20H25ClN2O4S/c1-5-17(20(24)22-14(2)15-9-7-6-8-10-15)23(28(4,25)26)18-13-16(21)11-12-19(18)27-3/h6-14,17H,5H2,1-4H3,(H,22,24)/t14-,17?/m1/s1. The average Bonchev–Trinajstić information content (AvgIpc) is 2.65. The van der Waals surface area contributed by atoms with Crippen LogP contribution in [0.15, 0.2) is 48.5 Å². The molecule has 1 N–H and O–H groups in total. The summed E-state index contributed by atoms with van der Waals surface area (Å²) in [4.78, 5) is 13.0. The minimum absolute atomic E-state index is 0.229. The van der Waals surface area contributed by atoms with Crippen LogP contribution in [0.25, 0.3) is 0 Å². The third-order valence-electron chi connectivity index (χ3n) is 4.37. The van der Waals surface area contributed by atoms with Crippen LogP contribution in [0, 0.1) is 0 Å². The number of nitrogens with zero attached hydrogens (tertiary/aromatic N) is 1. The minimum atomic E-state index is -3.79. The molecule has 1 amide bonds. The maximum absolute atomic E-state index is 13.0. The Balaban J connectivity index is 2.41. The van der Waals surface area contributed by atoms with Gasteiger partial charge in [0.15, 0.2) is 0 Å². The zero-order chi connectivity index (χ0) is 20.9. The number of anilines is 1. The van der Waals surface area contributed by atoms with E-state index in [2.05, 4.69) is 5.32 Å². The highest BCUT2D eigenvalue weighted by Crippen LogP contribution is 2.35. The van der Waals surface area contributed by atoms with Gasteiger partial charge < -0.3 is 10.1 Å². The van der Waals surface area contributed by atoms with Crippen LogP contribution < -0.4 is 14.4 Å². The van der Waals surface area contributed by atoms with Gasteiger partial charge >= 0.3 is 0 Å². The lowest BCUT2D eigenvalue weighted by Crippen LogP contribution is -2.49. The van der Waals surface area contributed by atoms with E-state index in [-0.39, 0.29) is 18.2 Å². The number of halogens is 1. The second-order valence-electron chi connectivity index (χ2n) is 6.44. The summed E-state index contributed by atoms with van der Waals surface area (Å²) in [5.41, 5.74) is 1.16. The quantitative estimate of drug-likeness (QED) is 0.699. The molecule has 1 unspecified atom stereocenters. The molecule has 0 aliphatic rings. The van der Waals surface area contributed by atoms with E-state index in [1.807, 2.05) is 37.3 Å². The molecule has 2 atom stereocenters. The van der Waals surface area contributed by atoms with Gasteiger partial charge in [-0.15, -0.1) is 0 Å². The van der Waals surface area contributed by atoms with Gasteiger partial charge in [-0.2, -0.15) is 0 Å². The van der Waals surface area contributed by atoms with Gasteiger partial charge in [-0.1, -0.05) is 48.9 Å². The van der Waals surface area contributed by atoms with E-state index >= 15 is 0 Å². The number of nitrogens with one attached hydrogen (secondary N) is 1. The van der Waals surface area contributed by atoms with Crippen molar-refractivity contribution in [2.75, 3.05) is 17.7 Å². The molecule has 0 aromatic heterocycles. The van der Waals surface area contributed by atoms with Gasteiger partial charge in [-0.3, -0.25) is 9.10 Å². The van der Waals surface area contributed by atoms with Crippen LogP contribution in [0.3, 0.4) is 0 Å². The van der Waals surface area contributed by atoms with E-state index in [4.69, 9.17) is 16.3 Å². The molecule has 2 aromatic carbocycles. The SMILES string of the molecule is CCC(C(=O)N[C@H](C)c1ccccc1)N(c1cc(Cl)ccc1OC)S(C)(=O)=O.